The molecular formula is C22H20ClN5O2. The number of hydrogen-bond acceptors (Lipinski definition) is 5. The van der Waals surface area contributed by atoms with Crippen molar-refractivity contribution in [1.29, 1.82) is 0 Å². The zero-order valence-corrected chi connectivity index (χ0v) is 17.2. The maximum atomic E-state index is 12.5. The van der Waals surface area contributed by atoms with Crippen LogP contribution in [0.4, 0.5) is 11.5 Å². The van der Waals surface area contributed by atoms with Crippen molar-refractivity contribution in [2.45, 2.75) is 13.0 Å². The Morgan fingerprint density at radius 3 is 2.73 bits per heavy atom. The van der Waals surface area contributed by atoms with Gasteiger partial charge in [-0.25, -0.2) is 9.97 Å². The number of nitrogen functional groups attached to an aromatic ring is 1. The van der Waals surface area contributed by atoms with Gasteiger partial charge in [-0.05, 0) is 47.9 Å². The molecule has 7 nitrogen and oxygen atoms in total. The number of fused-ring (bicyclic) bond motifs is 1. The molecule has 30 heavy (non-hydrogen) atoms. The van der Waals surface area contributed by atoms with E-state index < -0.39 is 12.0 Å². The van der Waals surface area contributed by atoms with Crippen molar-refractivity contribution in [1.82, 2.24) is 14.5 Å². The number of carbonyl (C=O) groups excluding carboxylic acids is 1. The van der Waals surface area contributed by atoms with Crippen LogP contribution in [0.1, 0.15) is 17.2 Å². The zero-order chi connectivity index (χ0) is 21.4. The van der Waals surface area contributed by atoms with Gasteiger partial charge in [-0.15, -0.1) is 0 Å². The van der Waals surface area contributed by atoms with Gasteiger partial charge in [0, 0.05) is 29.5 Å². The molecule has 1 amide bonds. The van der Waals surface area contributed by atoms with Crippen molar-refractivity contribution >= 4 is 40.0 Å². The predicted octanol–water partition coefficient (Wildman–Crippen LogP) is 3.85. The van der Waals surface area contributed by atoms with E-state index in [1.165, 1.54) is 6.33 Å². The molecule has 2 heterocycles. The lowest BCUT2D eigenvalue weighted by molar-refractivity contribution is -0.124. The van der Waals surface area contributed by atoms with Crippen LogP contribution in [0.5, 0.6) is 0 Å². The zero-order valence-electron chi connectivity index (χ0n) is 16.4. The van der Waals surface area contributed by atoms with Crippen LogP contribution in [0, 0.1) is 6.92 Å². The number of aromatic nitrogens is 3. The molecule has 4 aromatic rings. The van der Waals surface area contributed by atoms with Gasteiger partial charge in [0.1, 0.15) is 17.8 Å². The number of aryl methyl sites for hydroxylation is 2. The molecule has 0 saturated carbocycles. The second-order valence-electron chi connectivity index (χ2n) is 7.09. The lowest BCUT2D eigenvalue weighted by atomic mass is 10.00. The van der Waals surface area contributed by atoms with Crippen LogP contribution >= 0.6 is 11.6 Å². The van der Waals surface area contributed by atoms with Crippen molar-refractivity contribution in [2.24, 2.45) is 7.05 Å². The van der Waals surface area contributed by atoms with Gasteiger partial charge in [0.25, 0.3) is 5.91 Å². The van der Waals surface area contributed by atoms with E-state index >= 15 is 0 Å². The summed E-state index contributed by atoms with van der Waals surface area (Å²) in [6, 6.07) is 12.1. The van der Waals surface area contributed by atoms with E-state index in [4.69, 9.17) is 17.3 Å². The second-order valence-corrected chi connectivity index (χ2v) is 7.52. The molecule has 0 aliphatic rings. The van der Waals surface area contributed by atoms with Gasteiger partial charge < -0.3 is 20.7 Å². The topological polar surface area (TPSA) is 106 Å². The maximum Gasteiger partial charge on any atom is 0.257 e. The van der Waals surface area contributed by atoms with Crippen LogP contribution < -0.4 is 11.1 Å². The molecule has 8 heteroatoms. The maximum absolute atomic E-state index is 12.5. The molecule has 0 spiro atoms. The number of aliphatic hydroxyl groups is 1. The van der Waals surface area contributed by atoms with E-state index in [9.17, 15) is 9.90 Å². The summed E-state index contributed by atoms with van der Waals surface area (Å²) in [4.78, 5) is 20.9. The lowest BCUT2D eigenvalue weighted by Gasteiger charge is -2.14. The highest BCUT2D eigenvalue weighted by Crippen LogP contribution is 2.35. The Morgan fingerprint density at radius 1 is 1.20 bits per heavy atom. The predicted molar refractivity (Wildman–Crippen MR) is 118 cm³/mol. The number of aliphatic hydroxyl groups excluding tert-OH is 1. The molecule has 2 aromatic heterocycles. The first kappa shape index (κ1) is 19.9. The Bertz CT molecular complexity index is 1270. The fourth-order valence-electron chi connectivity index (χ4n) is 3.52. The first-order chi connectivity index (χ1) is 14.3. The molecule has 1 unspecified atom stereocenters. The minimum Gasteiger partial charge on any atom is -0.383 e. The van der Waals surface area contributed by atoms with Gasteiger partial charge in [-0.2, -0.15) is 0 Å². The van der Waals surface area contributed by atoms with E-state index in [0.29, 0.717) is 22.1 Å². The van der Waals surface area contributed by atoms with Gasteiger partial charge >= 0.3 is 0 Å². The van der Waals surface area contributed by atoms with Gasteiger partial charge in [-0.3, -0.25) is 4.79 Å². The SMILES string of the molecule is Cc1cc(NC(=O)C(O)c2cccc(Cl)c2)ccc1-c1cn(C)c2ncnc(N)c12. The number of nitrogens with one attached hydrogen (secondary N) is 1. The van der Waals surface area contributed by atoms with Crippen LogP contribution in [-0.2, 0) is 11.8 Å². The Hall–Kier alpha value is -3.42. The summed E-state index contributed by atoms with van der Waals surface area (Å²) in [6.07, 6.45) is 2.08. The number of carbonyl (C=O) groups is 1. The summed E-state index contributed by atoms with van der Waals surface area (Å²) in [5, 5.41) is 14.3. The first-order valence-electron chi connectivity index (χ1n) is 9.26. The Morgan fingerprint density at radius 2 is 2.00 bits per heavy atom. The van der Waals surface area contributed by atoms with E-state index in [1.54, 1.807) is 30.3 Å². The van der Waals surface area contributed by atoms with E-state index in [-0.39, 0.29) is 0 Å². The molecule has 0 saturated heterocycles. The van der Waals surface area contributed by atoms with E-state index in [1.807, 2.05) is 36.9 Å². The van der Waals surface area contributed by atoms with Crippen LogP contribution in [0.2, 0.25) is 5.02 Å². The summed E-state index contributed by atoms with van der Waals surface area (Å²) in [5.41, 5.74) is 10.7. The van der Waals surface area contributed by atoms with Crippen LogP contribution in [-0.4, -0.2) is 25.5 Å². The van der Waals surface area contributed by atoms with Gasteiger partial charge in [0.05, 0.1) is 5.39 Å². The van der Waals surface area contributed by atoms with Gasteiger partial charge in [0.2, 0.25) is 0 Å². The molecule has 4 rings (SSSR count). The second kappa shape index (κ2) is 7.78. The molecule has 152 valence electrons. The van der Waals surface area contributed by atoms with Crippen molar-refractivity contribution in [3.63, 3.8) is 0 Å². The summed E-state index contributed by atoms with van der Waals surface area (Å²) in [5.74, 6) is -0.121. The number of benzene rings is 2. The minimum absolute atomic E-state index is 0.414. The number of rotatable bonds is 4. The third-order valence-electron chi connectivity index (χ3n) is 4.98. The third-order valence-corrected chi connectivity index (χ3v) is 5.21. The molecule has 0 aliphatic heterocycles. The number of amides is 1. The third kappa shape index (κ3) is 3.60. The van der Waals surface area contributed by atoms with Crippen molar-refractivity contribution < 1.29 is 9.90 Å². The summed E-state index contributed by atoms with van der Waals surface area (Å²) in [6.45, 7) is 1.94. The summed E-state index contributed by atoms with van der Waals surface area (Å²) < 4.78 is 1.90. The minimum atomic E-state index is -1.32. The molecule has 4 N–H and O–H groups in total. The average molecular weight is 422 g/mol. The van der Waals surface area contributed by atoms with E-state index in [2.05, 4.69) is 15.3 Å². The van der Waals surface area contributed by atoms with Gasteiger partial charge in [-0.1, -0.05) is 29.8 Å². The largest absolute Gasteiger partial charge is 0.383 e. The van der Waals surface area contributed by atoms with Crippen molar-refractivity contribution in [2.75, 3.05) is 11.1 Å². The van der Waals surface area contributed by atoms with Crippen molar-refractivity contribution in [3.8, 4) is 11.1 Å². The van der Waals surface area contributed by atoms with Gasteiger partial charge in [0.15, 0.2) is 6.10 Å². The first-order valence-corrected chi connectivity index (χ1v) is 9.64. The molecule has 0 fully saturated rings. The highest BCUT2D eigenvalue weighted by molar-refractivity contribution is 6.30. The van der Waals surface area contributed by atoms with Crippen LogP contribution in [0.25, 0.3) is 22.2 Å². The number of halogens is 1. The fourth-order valence-corrected chi connectivity index (χ4v) is 3.72. The fraction of sp³-hybridized carbons (Fsp3) is 0.136. The highest BCUT2D eigenvalue weighted by atomic mass is 35.5. The van der Waals surface area contributed by atoms with Crippen molar-refractivity contribution in [3.05, 3.63) is 71.1 Å². The normalized spacial score (nSPS) is 12.1. The van der Waals surface area contributed by atoms with Crippen LogP contribution in [0.15, 0.2) is 55.0 Å². The number of hydrogen-bond donors (Lipinski definition) is 3. The molecule has 0 radical (unpaired) electrons. The molecule has 0 bridgehead atoms. The quantitative estimate of drug-likeness (QED) is 0.464. The van der Waals surface area contributed by atoms with E-state index in [0.717, 1.165) is 27.7 Å². The molecule has 0 aliphatic carbocycles. The van der Waals surface area contributed by atoms with Crippen LogP contribution in [0.3, 0.4) is 0 Å². The lowest BCUT2D eigenvalue weighted by Crippen LogP contribution is -2.20. The molecular weight excluding hydrogens is 402 g/mol. The number of nitrogens with zero attached hydrogens (tertiary/aromatic N) is 3. The summed E-state index contributed by atoms with van der Waals surface area (Å²) >= 11 is 5.94. The Kier molecular flexibility index (Phi) is 5.15. The standard InChI is InChI=1S/C22H20ClN5O2/c1-12-8-15(27-22(30)19(29)13-4-3-5-14(23)9-13)6-7-16(12)17-10-28(2)21-18(17)20(24)25-11-26-21/h3-11,19,29H,1-2H3,(H,27,30)(H2,24,25,26). The summed E-state index contributed by atoms with van der Waals surface area (Å²) in [7, 11) is 1.90. The molecule has 1 atom stereocenters. The number of anilines is 2. The highest BCUT2D eigenvalue weighted by Gasteiger charge is 2.19. The Balaban J connectivity index is 1.62. The average Bonchev–Trinajstić information content (AvgIpc) is 3.05. The Labute approximate surface area is 178 Å². The monoisotopic (exact) mass is 421 g/mol. The molecule has 2 aromatic carbocycles. The number of nitrogens with two attached hydrogens (primary N) is 1. The smallest absolute Gasteiger partial charge is 0.257 e.